The van der Waals surface area contributed by atoms with Crippen molar-refractivity contribution in [1.29, 1.82) is 0 Å². The predicted octanol–water partition coefficient (Wildman–Crippen LogP) is 6.96. The summed E-state index contributed by atoms with van der Waals surface area (Å²) >= 11 is 0. The minimum Gasteiger partial charge on any atom is -0.475 e. The molecule has 4 rings (SSSR count). The van der Waals surface area contributed by atoms with Gasteiger partial charge in [0.2, 0.25) is 0 Å². The zero-order chi connectivity index (χ0) is 33.6. The van der Waals surface area contributed by atoms with E-state index in [2.05, 4.69) is 21.7 Å². The van der Waals surface area contributed by atoms with Gasteiger partial charge in [0.25, 0.3) is 5.60 Å². The topological polar surface area (TPSA) is 76.9 Å². The van der Waals surface area contributed by atoms with Crippen LogP contribution >= 0.6 is 0 Å². The number of piperazine rings is 1. The summed E-state index contributed by atoms with van der Waals surface area (Å²) in [5.41, 5.74) is -2.78. The number of carboxylic acids is 1. The number of aliphatic carboxylic acids is 1. The Balaban J connectivity index is 0.000000707. The fraction of sp³-hybridized carbons (Fsp3) is 0.400. The van der Waals surface area contributed by atoms with E-state index in [0.29, 0.717) is 23.3 Å². The standard InChI is InChI=1S/C28H29F6N3O.C2HF3O2/c1-2-25(37-17-15-36(16-18-37)19-20-11-13-35-14-12-20)23-5-3-21(4-6-23)22-7-9-24(10-8-22)26(38,27(29,30)31)28(32,33)34;3-2(4,5)1(6)7/h3-14,25,38H,2,15-19H2,1H3;(H,6,7). The number of rotatable bonds is 7. The molecule has 0 amide bonds. The second-order valence-electron chi connectivity index (χ2n) is 10.3. The van der Waals surface area contributed by atoms with Crippen molar-refractivity contribution < 1.29 is 54.5 Å². The van der Waals surface area contributed by atoms with E-state index >= 15 is 0 Å². The number of hydrogen-bond acceptors (Lipinski definition) is 5. The fourth-order valence-electron chi connectivity index (χ4n) is 4.97. The molecule has 1 unspecified atom stereocenters. The molecule has 1 aliphatic heterocycles. The van der Waals surface area contributed by atoms with E-state index in [4.69, 9.17) is 9.90 Å². The highest BCUT2D eigenvalue weighted by molar-refractivity contribution is 5.73. The predicted molar refractivity (Wildman–Crippen MR) is 146 cm³/mol. The lowest BCUT2D eigenvalue weighted by atomic mass is 9.90. The summed E-state index contributed by atoms with van der Waals surface area (Å²) in [5.74, 6) is -2.76. The quantitative estimate of drug-likeness (QED) is 0.269. The Morgan fingerprint density at radius 1 is 0.778 bits per heavy atom. The van der Waals surface area contributed by atoms with Crippen LogP contribution in [0.2, 0.25) is 0 Å². The number of alkyl halides is 9. The summed E-state index contributed by atoms with van der Waals surface area (Å²) in [4.78, 5) is 17.8. The molecule has 2 aromatic carbocycles. The largest absolute Gasteiger partial charge is 0.490 e. The van der Waals surface area contributed by atoms with E-state index in [1.54, 1.807) is 12.4 Å². The van der Waals surface area contributed by atoms with Crippen LogP contribution in [0.1, 0.15) is 36.1 Å². The zero-order valence-corrected chi connectivity index (χ0v) is 23.8. The lowest BCUT2D eigenvalue weighted by Crippen LogP contribution is -2.53. The van der Waals surface area contributed by atoms with Crippen molar-refractivity contribution in [3.05, 3.63) is 89.7 Å². The molecule has 246 valence electrons. The molecule has 0 aliphatic carbocycles. The van der Waals surface area contributed by atoms with Crippen molar-refractivity contribution in [3.8, 4) is 11.1 Å². The highest BCUT2D eigenvalue weighted by Crippen LogP contribution is 2.50. The van der Waals surface area contributed by atoms with Crippen LogP contribution in [0, 0.1) is 0 Å². The van der Waals surface area contributed by atoms with E-state index in [0.717, 1.165) is 56.8 Å². The van der Waals surface area contributed by atoms with Crippen LogP contribution in [0.5, 0.6) is 0 Å². The number of benzene rings is 2. The maximum absolute atomic E-state index is 13.2. The first-order valence-corrected chi connectivity index (χ1v) is 13.6. The number of pyridine rings is 1. The molecule has 2 heterocycles. The first-order valence-electron chi connectivity index (χ1n) is 13.6. The van der Waals surface area contributed by atoms with Crippen LogP contribution in [0.3, 0.4) is 0 Å². The van der Waals surface area contributed by atoms with Gasteiger partial charge in [-0.05, 0) is 40.8 Å². The molecule has 0 radical (unpaired) electrons. The van der Waals surface area contributed by atoms with Crippen LogP contribution in [-0.2, 0) is 16.9 Å². The highest BCUT2D eigenvalue weighted by Gasteiger charge is 2.71. The third-order valence-corrected chi connectivity index (χ3v) is 7.38. The summed E-state index contributed by atoms with van der Waals surface area (Å²) in [6.07, 6.45) is -12.4. The lowest BCUT2D eigenvalue weighted by molar-refractivity contribution is -0.376. The van der Waals surface area contributed by atoms with Crippen molar-refractivity contribution in [3.63, 3.8) is 0 Å². The van der Waals surface area contributed by atoms with E-state index in [1.165, 1.54) is 5.56 Å². The van der Waals surface area contributed by atoms with Crippen LogP contribution in [0.15, 0.2) is 73.1 Å². The summed E-state index contributed by atoms with van der Waals surface area (Å²) in [6.45, 7) is 6.69. The minimum atomic E-state index is -5.91. The number of halogens is 9. The third-order valence-electron chi connectivity index (χ3n) is 7.38. The van der Waals surface area contributed by atoms with Crippen LogP contribution in [0.25, 0.3) is 11.1 Å². The molecular formula is C30H30F9N3O3. The number of hydrogen-bond donors (Lipinski definition) is 2. The van der Waals surface area contributed by atoms with Gasteiger partial charge in [-0.1, -0.05) is 55.5 Å². The zero-order valence-electron chi connectivity index (χ0n) is 23.8. The average molecular weight is 652 g/mol. The van der Waals surface area contributed by atoms with Crippen LogP contribution in [0.4, 0.5) is 39.5 Å². The van der Waals surface area contributed by atoms with Gasteiger partial charge in [-0.25, -0.2) is 4.79 Å². The van der Waals surface area contributed by atoms with E-state index < -0.39 is 35.7 Å². The molecular weight excluding hydrogens is 621 g/mol. The number of carboxylic acid groups (broad SMARTS) is 1. The first kappa shape index (κ1) is 35.8. The second-order valence-corrected chi connectivity index (χ2v) is 10.3. The van der Waals surface area contributed by atoms with Gasteiger partial charge in [0.1, 0.15) is 0 Å². The van der Waals surface area contributed by atoms with Gasteiger partial charge in [0.05, 0.1) is 0 Å². The maximum Gasteiger partial charge on any atom is 0.490 e. The van der Waals surface area contributed by atoms with Crippen molar-refractivity contribution in [2.45, 2.75) is 50.1 Å². The van der Waals surface area contributed by atoms with E-state index in [-0.39, 0.29) is 6.04 Å². The van der Waals surface area contributed by atoms with E-state index in [9.17, 15) is 44.6 Å². The number of nitrogens with zero attached hydrogens (tertiary/aromatic N) is 3. The summed E-state index contributed by atoms with van der Waals surface area (Å²) in [6, 6.07) is 15.4. The Morgan fingerprint density at radius 3 is 1.62 bits per heavy atom. The molecule has 0 spiro atoms. The Kier molecular flexibility index (Phi) is 11.3. The highest BCUT2D eigenvalue weighted by atomic mass is 19.4. The normalized spacial score (nSPS) is 16.1. The molecule has 1 atom stereocenters. The average Bonchev–Trinajstić information content (AvgIpc) is 2.98. The molecule has 1 fully saturated rings. The van der Waals surface area contributed by atoms with Crippen LogP contribution < -0.4 is 0 Å². The monoisotopic (exact) mass is 651 g/mol. The van der Waals surface area contributed by atoms with Crippen molar-refractivity contribution >= 4 is 5.97 Å². The molecule has 1 saturated heterocycles. The Labute approximate surface area is 252 Å². The smallest absolute Gasteiger partial charge is 0.475 e. The Bertz CT molecular complexity index is 1360. The van der Waals surface area contributed by atoms with Gasteiger partial charge < -0.3 is 10.2 Å². The number of aromatic nitrogens is 1. The summed E-state index contributed by atoms with van der Waals surface area (Å²) in [7, 11) is 0. The van der Waals surface area contributed by atoms with Gasteiger partial charge in [0, 0.05) is 56.7 Å². The van der Waals surface area contributed by atoms with Crippen LogP contribution in [-0.4, -0.2) is 75.7 Å². The Hall–Kier alpha value is -3.69. The molecule has 3 aromatic rings. The summed E-state index contributed by atoms with van der Waals surface area (Å²) < 4.78 is 111. The number of carbonyl (C=O) groups is 1. The first-order chi connectivity index (χ1) is 20.9. The molecule has 0 saturated carbocycles. The van der Waals surface area contributed by atoms with Crippen molar-refractivity contribution in [1.82, 2.24) is 14.8 Å². The van der Waals surface area contributed by atoms with Gasteiger partial charge in [-0.15, -0.1) is 0 Å². The minimum absolute atomic E-state index is 0.197. The second kappa shape index (κ2) is 14.2. The Morgan fingerprint density at radius 2 is 1.22 bits per heavy atom. The molecule has 1 aliphatic rings. The maximum atomic E-state index is 13.2. The molecule has 1 aromatic heterocycles. The lowest BCUT2D eigenvalue weighted by Gasteiger charge is -2.39. The third kappa shape index (κ3) is 8.73. The SMILES string of the molecule is CCC(c1ccc(-c2ccc(C(O)(C(F)(F)F)C(F)(F)F)cc2)cc1)N1CCN(Cc2ccncc2)CC1.O=C(O)C(F)(F)F. The molecule has 2 N–H and O–H groups in total. The molecule has 15 heteroatoms. The van der Waals surface area contributed by atoms with Gasteiger partial charge in [-0.3, -0.25) is 14.8 Å². The fourth-order valence-corrected chi connectivity index (χ4v) is 4.97. The van der Waals surface area contributed by atoms with Gasteiger partial charge in [-0.2, -0.15) is 39.5 Å². The van der Waals surface area contributed by atoms with Crippen molar-refractivity contribution in [2.24, 2.45) is 0 Å². The summed E-state index contributed by atoms with van der Waals surface area (Å²) in [5, 5.41) is 16.7. The molecule has 45 heavy (non-hydrogen) atoms. The van der Waals surface area contributed by atoms with Gasteiger partial charge in [0.15, 0.2) is 0 Å². The van der Waals surface area contributed by atoms with E-state index in [1.807, 2.05) is 36.4 Å². The van der Waals surface area contributed by atoms with Gasteiger partial charge >= 0.3 is 24.5 Å². The van der Waals surface area contributed by atoms with Crippen molar-refractivity contribution in [2.75, 3.05) is 26.2 Å². The molecule has 0 bridgehead atoms. The number of aliphatic hydroxyl groups is 1. The molecule has 6 nitrogen and oxygen atoms in total.